The molecular formula is C21H26N4. The van der Waals surface area contributed by atoms with Gasteiger partial charge in [-0.3, -0.25) is 4.98 Å². The van der Waals surface area contributed by atoms with Crippen LogP contribution in [0.3, 0.4) is 0 Å². The lowest BCUT2D eigenvalue weighted by Crippen LogP contribution is -2.26. The van der Waals surface area contributed by atoms with E-state index >= 15 is 0 Å². The average Bonchev–Trinajstić information content (AvgIpc) is 2.60. The Bertz CT molecular complexity index is 867. The van der Waals surface area contributed by atoms with Gasteiger partial charge in [-0.25, -0.2) is 9.97 Å². The molecule has 0 atom stereocenters. The van der Waals surface area contributed by atoms with Gasteiger partial charge in [0.25, 0.3) is 0 Å². The number of benzene rings is 1. The van der Waals surface area contributed by atoms with Crippen molar-refractivity contribution in [3.63, 3.8) is 0 Å². The molecule has 0 saturated carbocycles. The van der Waals surface area contributed by atoms with E-state index in [0.29, 0.717) is 0 Å². The highest BCUT2D eigenvalue weighted by Gasteiger charge is 2.14. The van der Waals surface area contributed by atoms with Gasteiger partial charge < -0.3 is 4.90 Å². The summed E-state index contributed by atoms with van der Waals surface area (Å²) >= 11 is 0. The van der Waals surface area contributed by atoms with Crippen molar-refractivity contribution in [2.75, 3.05) is 18.0 Å². The van der Waals surface area contributed by atoms with Crippen LogP contribution in [0.5, 0.6) is 0 Å². The molecule has 0 bridgehead atoms. The zero-order chi connectivity index (χ0) is 17.8. The van der Waals surface area contributed by atoms with Gasteiger partial charge in [-0.15, -0.1) is 0 Å². The van der Waals surface area contributed by atoms with E-state index in [-0.39, 0.29) is 0 Å². The van der Waals surface area contributed by atoms with Gasteiger partial charge in [0.2, 0.25) is 0 Å². The van der Waals surface area contributed by atoms with Crippen molar-refractivity contribution in [1.82, 2.24) is 15.0 Å². The van der Waals surface area contributed by atoms with Crippen LogP contribution >= 0.6 is 0 Å². The molecule has 3 rings (SSSR count). The van der Waals surface area contributed by atoms with Crippen LogP contribution in [0.15, 0.2) is 36.5 Å². The summed E-state index contributed by atoms with van der Waals surface area (Å²) < 4.78 is 0. The van der Waals surface area contributed by atoms with E-state index < -0.39 is 0 Å². The maximum atomic E-state index is 4.78. The van der Waals surface area contributed by atoms with Gasteiger partial charge in [0, 0.05) is 24.0 Å². The Balaban J connectivity index is 2.16. The SMILES string of the molecule is CCCN(CCC)c1nc(C)nc2cnc(-c3cccc(C)c3)cc12. The zero-order valence-electron chi connectivity index (χ0n) is 15.6. The van der Waals surface area contributed by atoms with Crippen molar-refractivity contribution in [1.29, 1.82) is 0 Å². The fourth-order valence-electron chi connectivity index (χ4n) is 3.20. The topological polar surface area (TPSA) is 41.9 Å². The molecule has 0 radical (unpaired) electrons. The van der Waals surface area contributed by atoms with Crippen molar-refractivity contribution in [3.05, 3.63) is 47.9 Å². The molecule has 0 fully saturated rings. The predicted octanol–water partition coefficient (Wildman–Crippen LogP) is 4.94. The van der Waals surface area contributed by atoms with Gasteiger partial charge >= 0.3 is 0 Å². The molecule has 4 heteroatoms. The molecule has 2 heterocycles. The first-order chi connectivity index (χ1) is 12.1. The van der Waals surface area contributed by atoms with Gasteiger partial charge in [0.1, 0.15) is 11.6 Å². The van der Waals surface area contributed by atoms with E-state index in [1.165, 1.54) is 5.56 Å². The molecule has 0 spiro atoms. The van der Waals surface area contributed by atoms with Crippen LogP contribution in [0, 0.1) is 13.8 Å². The number of hydrogen-bond donors (Lipinski definition) is 0. The van der Waals surface area contributed by atoms with Crippen LogP contribution in [-0.2, 0) is 0 Å². The monoisotopic (exact) mass is 334 g/mol. The van der Waals surface area contributed by atoms with Crippen LogP contribution in [0.4, 0.5) is 5.82 Å². The summed E-state index contributed by atoms with van der Waals surface area (Å²) in [6.07, 6.45) is 4.07. The van der Waals surface area contributed by atoms with E-state index in [1.54, 1.807) is 0 Å². The molecule has 25 heavy (non-hydrogen) atoms. The predicted molar refractivity (Wildman–Crippen MR) is 105 cm³/mol. The van der Waals surface area contributed by atoms with Gasteiger partial charge in [-0.05, 0) is 38.8 Å². The average molecular weight is 334 g/mol. The van der Waals surface area contributed by atoms with Crippen molar-refractivity contribution in [3.8, 4) is 11.3 Å². The lowest BCUT2D eigenvalue weighted by molar-refractivity contribution is 0.734. The zero-order valence-corrected chi connectivity index (χ0v) is 15.6. The van der Waals surface area contributed by atoms with Crippen LogP contribution in [-0.4, -0.2) is 28.0 Å². The molecule has 0 aliphatic rings. The minimum atomic E-state index is 0.796. The molecule has 3 aromatic rings. The Labute approximate surface area is 150 Å². The fraction of sp³-hybridized carbons (Fsp3) is 0.381. The fourth-order valence-corrected chi connectivity index (χ4v) is 3.20. The summed E-state index contributed by atoms with van der Waals surface area (Å²) in [7, 11) is 0. The highest BCUT2D eigenvalue weighted by atomic mass is 15.2. The van der Waals surface area contributed by atoms with Gasteiger partial charge in [-0.2, -0.15) is 0 Å². The highest BCUT2D eigenvalue weighted by molar-refractivity contribution is 5.91. The summed E-state index contributed by atoms with van der Waals surface area (Å²) in [6.45, 7) is 10.5. The molecule has 0 aliphatic heterocycles. The Hall–Kier alpha value is -2.49. The second kappa shape index (κ2) is 7.60. The van der Waals surface area contributed by atoms with Gasteiger partial charge in [0.05, 0.1) is 17.4 Å². The Morgan fingerprint density at radius 2 is 1.72 bits per heavy atom. The number of fused-ring (bicyclic) bond motifs is 1. The minimum Gasteiger partial charge on any atom is -0.356 e. The molecule has 4 nitrogen and oxygen atoms in total. The summed E-state index contributed by atoms with van der Waals surface area (Å²) in [5, 5.41) is 1.08. The minimum absolute atomic E-state index is 0.796. The largest absolute Gasteiger partial charge is 0.356 e. The van der Waals surface area contributed by atoms with Crippen LogP contribution in [0.25, 0.3) is 22.2 Å². The van der Waals surface area contributed by atoms with E-state index in [1.807, 2.05) is 13.1 Å². The van der Waals surface area contributed by atoms with E-state index in [4.69, 9.17) is 4.98 Å². The number of aryl methyl sites for hydroxylation is 2. The third kappa shape index (κ3) is 3.78. The Morgan fingerprint density at radius 3 is 2.40 bits per heavy atom. The van der Waals surface area contributed by atoms with E-state index in [2.05, 4.69) is 66.0 Å². The second-order valence-electron chi connectivity index (χ2n) is 6.54. The molecule has 2 aromatic heterocycles. The smallest absolute Gasteiger partial charge is 0.140 e. The van der Waals surface area contributed by atoms with Crippen LogP contribution < -0.4 is 4.90 Å². The number of nitrogens with zero attached hydrogens (tertiary/aromatic N) is 4. The molecule has 0 saturated heterocycles. The third-order valence-corrected chi connectivity index (χ3v) is 4.27. The lowest BCUT2D eigenvalue weighted by Gasteiger charge is -2.24. The molecule has 0 aliphatic carbocycles. The molecular weight excluding hydrogens is 308 g/mol. The number of anilines is 1. The number of aromatic nitrogens is 3. The molecule has 1 aromatic carbocycles. The summed E-state index contributed by atoms with van der Waals surface area (Å²) in [4.78, 5) is 16.4. The van der Waals surface area contributed by atoms with Gasteiger partial charge in [-0.1, -0.05) is 37.6 Å². The maximum Gasteiger partial charge on any atom is 0.140 e. The summed E-state index contributed by atoms with van der Waals surface area (Å²) in [5.41, 5.74) is 4.25. The van der Waals surface area contributed by atoms with Crippen LogP contribution in [0.2, 0.25) is 0 Å². The van der Waals surface area contributed by atoms with E-state index in [9.17, 15) is 0 Å². The van der Waals surface area contributed by atoms with Gasteiger partial charge in [0.15, 0.2) is 0 Å². The normalized spacial score (nSPS) is 11.0. The molecule has 0 N–H and O–H groups in total. The summed E-state index contributed by atoms with van der Waals surface area (Å²) in [6, 6.07) is 10.6. The van der Waals surface area contributed by atoms with Crippen molar-refractivity contribution in [2.45, 2.75) is 40.5 Å². The number of pyridine rings is 1. The Morgan fingerprint density at radius 1 is 0.960 bits per heavy atom. The van der Waals surface area contributed by atoms with E-state index in [0.717, 1.165) is 59.7 Å². The first-order valence-electron chi connectivity index (χ1n) is 9.08. The van der Waals surface area contributed by atoms with Crippen molar-refractivity contribution in [2.24, 2.45) is 0 Å². The number of hydrogen-bond acceptors (Lipinski definition) is 4. The molecule has 130 valence electrons. The first kappa shape index (κ1) is 17.3. The third-order valence-electron chi connectivity index (χ3n) is 4.27. The summed E-state index contributed by atoms with van der Waals surface area (Å²) in [5.74, 6) is 1.83. The van der Waals surface area contributed by atoms with Crippen molar-refractivity contribution >= 4 is 16.7 Å². The maximum absolute atomic E-state index is 4.78. The number of rotatable bonds is 6. The molecule has 0 unspecified atom stereocenters. The van der Waals surface area contributed by atoms with Crippen molar-refractivity contribution < 1.29 is 0 Å². The quantitative estimate of drug-likeness (QED) is 0.640. The Kier molecular flexibility index (Phi) is 5.27. The second-order valence-corrected chi connectivity index (χ2v) is 6.54. The first-order valence-corrected chi connectivity index (χ1v) is 9.08. The highest BCUT2D eigenvalue weighted by Crippen LogP contribution is 2.28. The standard InChI is InChI=1S/C21H26N4/c1-5-10-25(11-6-2)21-18-13-19(17-9-7-8-15(3)12-17)22-14-20(18)23-16(4)24-21/h7-9,12-14H,5-6,10-11H2,1-4H3. The lowest BCUT2D eigenvalue weighted by atomic mass is 10.1. The molecule has 0 amide bonds. The van der Waals surface area contributed by atoms with Crippen LogP contribution in [0.1, 0.15) is 38.1 Å².